The minimum absolute atomic E-state index is 0.735. The molecule has 0 amide bonds. The molecule has 0 aliphatic carbocycles. The summed E-state index contributed by atoms with van der Waals surface area (Å²) in [7, 11) is 0. The minimum Gasteiger partial charge on any atom is -0.204 e. The summed E-state index contributed by atoms with van der Waals surface area (Å²) < 4.78 is 25.7. The van der Waals surface area contributed by atoms with Crippen LogP contribution >= 0.6 is 11.3 Å². The summed E-state index contributed by atoms with van der Waals surface area (Å²) >= 11 is 1.61. The van der Waals surface area contributed by atoms with Crippen LogP contribution in [0.3, 0.4) is 0 Å². The van der Waals surface area contributed by atoms with Gasteiger partial charge in [-0.05, 0) is 36.2 Å². The Morgan fingerprint density at radius 1 is 1.07 bits per heavy atom. The molecule has 1 aromatic carbocycles. The molecule has 0 N–H and O–H groups in total. The molecule has 0 aliphatic rings. The van der Waals surface area contributed by atoms with Gasteiger partial charge in [-0.25, -0.2) is 8.78 Å². The van der Waals surface area contributed by atoms with Gasteiger partial charge in [0.05, 0.1) is 0 Å². The topological polar surface area (TPSA) is 0 Å². The van der Waals surface area contributed by atoms with Gasteiger partial charge in [-0.3, -0.25) is 0 Å². The zero-order chi connectivity index (χ0) is 10.8. The number of hydrogen-bond donors (Lipinski definition) is 0. The van der Waals surface area contributed by atoms with Crippen LogP contribution in [0.4, 0.5) is 8.78 Å². The Bertz CT molecular complexity index is 474. The molecule has 0 aliphatic heterocycles. The van der Waals surface area contributed by atoms with Crippen molar-refractivity contribution in [3.05, 3.63) is 46.8 Å². The van der Waals surface area contributed by atoms with Crippen molar-refractivity contribution in [2.75, 3.05) is 0 Å². The van der Waals surface area contributed by atoms with E-state index in [1.807, 2.05) is 12.1 Å². The summed E-state index contributed by atoms with van der Waals surface area (Å²) in [6, 6.07) is 7.96. The quantitative estimate of drug-likeness (QED) is 0.715. The lowest BCUT2D eigenvalue weighted by Crippen LogP contribution is -1.83. The van der Waals surface area contributed by atoms with Crippen LogP contribution < -0.4 is 0 Å². The van der Waals surface area contributed by atoms with Crippen molar-refractivity contribution in [2.24, 2.45) is 0 Å². The van der Waals surface area contributed by atoms with Gasteiger partial charge in [0, 0.05) is 9.75 Å². The van der Waals surface area contributed by atoms with Crippen molar-refractivity contribution in [3.63, 3.8) is 0 Å². The van der Waals surface area contributed by atoms with Crippen LogP contribution in [0.1, 0.15) is 11.8 Å². The first-order valence-corrected chi connectivity index (χ1v) is 5.56. The average Bonchev–Trinajstić information content (AvgIpc) is 2.70. The monoisotopic (exact) mass is 224 g/mol. The van der Waals surface area contributed by atoms with Gasteiger partial charge in [0.2, 0.25) is 0 Å². The highest BCUT2D eigenvalue weighted by molar-refractivity contribution is 7.15. The molecule has 2 aromatic rings. The highest BCUT2D eigenvalue weighted by Gasteiger charge is 2.06. The van der Waals surface area contributed by atoms with Crippen LogP contribution in [0.15, 0.2) is 30.3 Å². The molecule has 0 saturated carbocycles. The third-order valence-electron chi connectivity index (χ3n) is 2.21. The zero-order valence-electron chi connectivity index (χ0n) is 8.26. The number of halogens is 2. The van der Waals surface area contributed by atoms with E-state index in [4.69, 9.17) is 0 Å². The molecule has 1 aromatic heterocycles. The molecule has 0 nitrogen and oxygen atoms in total. The van der Waals surface area contributed by atoms with Crippen molar-refractivity contribution >= 4 is 11.3 Å². The van der Waals surface area contributed by atoms with Gasteiger partial charge in [-0.1, -0.05) is 13.0 Å². The Kier molecular flexibility index (Phi) is 2.82. The fourth-order valence-corrected chi connectivity index (χ4v) is 2.32. The summed E-state index contributed by atoms with van der Waals surface area (Å²) in [5.74, 6) is -1.59. The Balaban J connectivity index is 2.40. The maximum atomic E-state index is 13.0. The van der Waals surface area contributed by atoms with E-state index in [1.54, 1.807) is 17.4 Å². The Labute approximate surface area is 91.2 Å². The maximum Gasteiger partial charge on any atom is 0.159 e. The first-order valence-electron chi connectivity index (χ1n) is 4.75. The van der Waals surface area contributed by atoms with Crippen LogP contribution in [0.25, 0.3) is 10.4 Å². The van der Waals surface area contributed by atoms with Gasteiger partial charge in [-0.15, -0.1) is 11.3 Å². The smallest absolute Gasteiger partial charge is 0.159 e. The van der Waals surface area contributed by atoms with Gasteiger partial charge >= 0.3 is 0 Å². The molecule has 0 saturated heterocycles. The SMILES string of the molecule is CCc1ccc(-c2ccc(F)c(F)c2)s1. The molecule has 0 radical (unpaired) electrons. The first kappa shape index (κ1) is 10.3. The highest BCUT2D eigenvalue weighted by Crippen LogP contribution is 2.29. The van der Waals surface area contributed by atoms with E-state index in [0.29, 0.717) is 0 Å². The van der Waals surface area contributed by atoms with E-state index in [1.165, 1.54) is 10.9 Å². The predicted octanol–water partition coefficient (Wildman–Crippen LogP) is 4.26. The number of rotatable bonds is 2. The standard InChI is InChI=1S/C12H10F2S/c1-2-9-4-6-12(15-9)8-3-5-10(13)11(14)7-8/h3-7H,2H2,1H3. The van der Waals surface area contributed by atoms with E-state index in [2.05, 4.69) is 6.92 Å². The lowest BCUT2D eigenvalue weighted by Gasteiger charge is -1.98. The lowest BCUT2D eigenvalue weighted by atomic mass is 10.2. The number of hydrogen-bond acceptors (Lipinski definition) is 1. The molecule has 15 heavy (non-hydrogen) atoms. The van der Waals surface area contributed by atoms with Crippen molar-refractivity contribution in [1.29, 1.82) is 0 Å². The molecular weight excluding hydrogens is 214 g/mol. The third-order valence-corrected chi connectivity index (χ3v) is 3.49. The normalized spacial score (nSPS) is 10.6. The third kappa shape index (κ3) is 2.07. The Hall–Kier alpha value is -1.22. The minimum atomic E-state index is -0.800. The van der Waals surface area contributed by atoms with Gasteiger partial charge in [-0.2, -0.15) is 0 Å². The second kappa shape index (κ2) is 4.11. The first-order chi connectivity index (χ1) is 7.20. The molecular formula is C12H10F2S. The van der Waals surface area contributed by atoms with Crippen LogP contribution in [-0.4, -0.2) is 0 Å². The van der Waals surface area contributed by atoms with E-state index >= 15 is 0 Å². The van der Waals surface area contributed by atoms with Crippen LogP contribution in [-0.2, 0) is 6.42 Å². The summed E-state index contributed by atoms with van der Waals surface area (Å²) in [5.41, 5.74) is 0.735. The second-order valence-electron chi connectivity index (χ2n) is 3.25. The molecule has 2 rings (SSSR count). The van der Waals surface area contributed by atoms with Gasteiger partial charge in [0.15, 0.2) is 11.6 Å². The van der Waals surface area contributed by atoms with E-state index in [0.717, 1.165) is 22.9 Å². The lowest BCUT2D eigenvalue weighted by molar-refractivity contribution is 0.509. The summed E-state index contributed by atoms with van der Waals surface area (Å²) in [6.07, 6.45) is 0.967. The molecule has 78 valence electrons. The summed E-state index contributed by atoms with van der Waals surface area (Å²) in [6.45, 7) is 2.07. The highest BCUT2D eigenvalue weighted by atomic mass is 32.1. The molecule has 3 heteroatoms. The zero-order valence-corrected chi connectivity index (χ0v) is 9.07. The average molecular weight is 224 g/mol. The fraction of sp³-hybridized carbons (Fsp3) is 0.167. The molecule has 0 spiro atoms. The van der Waals surface area contributed by atoms with E-state index in [-0.39, 0.29) is 0 Å². The fourth-order valence-electron chi connectivity index (χ4n) is 1.37. The summed E-state index contributed by atoms with van der Waals surface area (Å²) in [5, 5.41) is 0. The molecule has 1 heterocycles. The van der Waals surface area contributed by atoms with Crippen LogP contribution in [0.2, 0.25) is 0 Å². The van der Waals surface area contributed by atoms with Crippen LogP contribution in [0.5, 0.6) is 0 Å². The van der Waals surface area contributed by atoms with E-state index in [9.17, 15) is 8.78 Å². The number of benzene rings is 1. The summed E-state index contributed by atoms with van der Waals surface area (Å²) in [4.78, 5) is 2.22. The second-order valence-corrected chi connectivity index (χ2v) is 4.42. The number of thiophene rings is 1. The van der Waals surface area contributed by atoms with Crippen molar-refractivity contribution in [3.8, 4) is 10.4 Å². The van der Waals surface area contributed by atoms with Gasteiger partial charge in [0.25, 0.3) is 0 Å². The largest absolute Gasteiger partial charge is 0.204 e. The van der Waals surface area contributed by atoms with E-state index < -0.39 is 11.6 Å². The van der Waals surface area contributed by atoms with Gasteiger partial charge < -0.3 is 0 Å². The van der Waals surface area contributed by atoms with Crippen LogP contribution in [0, 0.1) is 11.6 Å². The molecule has 0 fully saturated rings. The predicted molar refractivity (Wildman–Crippen MR) is 59.0 cm³/mol. The Morgan fingerprint density at radius 2 is 1.87 bits per heavy atom. The molecule has 0 bridgehead atoms. The van der Waals surface area contributed by atoms with Crippen molar-refractivity contribution < 1.29 is 8.78 Å². The Morgan fingerprint density at radius 3 is 2.47 bits per heavy atom. The molecule has 0 unspecified atom stereocenters. The number of aryl methyl sites for hydroxylation is 1. The molecule has 0 atom stereocenters. The van der Waals surface area contributed by atoms with Gasteiger partial charge in [0.1, 0.15) is 0 Å². The van der Waals surface area contributed by atoms with Crippen molar-refractivity contribution in [1.82, 2.24) is 0 Å². The van der Waals surface area contributed by atoms with Crippen molar-refractivity contribution in [2.45, 2.75) is 13.3 Å². The maximum absolute atomic E-state index is 13.0.